The van der Waals surface area contributed by atoms with Crippen molar-refractivity contribution in [3.8, 4) is 17.2 Å². The van der Waals surface area contributed by atoms with Gasteiger partial charge in [-0.2, -0.15) is 5.10 Å². The van der Waals surface area contributed by atoms with Crippen LogP contribution in [0.5, 0.6) is 17.2 Å². The zero-order valence-corrected chi connectivity index (χ0v) is 27.2. The number of nitrogens with zero attached hydrogens (tertiary/aromatic N) is 2. The number of carbonyl (C=O) groups excluding carboxylic acids is 3. The van der Waals surface area contributed by atoms with Crippen molar-refractivity contribution < 1.29 is 38.3 Å². The highest BCUT2D eigenvalue weighted by molar-refractivity contribution is 14.1. The summed E-state index contributed by atoms with van der Waals surface area (Å²) in [5.41, 5.74) is 5.10. The zero-order chi connectivity index (χ0) is 33.2. The third-order valence-electron chi connectivity index (χ3n) is 6.54. The van der Waals surface area contributed by atoms with Gasteiger partial charge in [0.25, 0.3) is 11.6 Å². The quantitative estimate of drug-likeness (QED) is 0.0747. The zero-order valence-electron chi connectivity index (χ0n) is 25.0. The number of amides is 3. The molecular formula is C31H30IN5O9. The van der Waals surface area contributed by atoms with E-state index in [0.29, 0.717) is 22.6 Å². The number of allylic oxidation sites excluding steroid dienone is 1. The molecule has 0 radical (unpaired) electrons. The Hall–Kier alpha value is -5.19. The van der Waals surface area contributed by atoms with E-state index in [2.05, 4.69) is 43.8 Å². The Morgan fingerprint density at radius 3 is 2.48 bits per heavy atom. The first kappa shape index (κ1) is 33.7. The number of urea groups is 1. The molecule has 0 spiro atoms. The molecule has 3 aromatic carbocycles. The first-order valence-electron chi connectivity index (χ1n) is 13.8. The van der Waals surface area contributed by atoms with Gasteiger partial charge in [0, 0.05) is 17.8 Å². The number of ether oxygens (including phenoxy) is 4. The predicted molar refractivity (Wildman–Crippen MR) is 175 cm³/mol. The molecule has 0 fully saturated rings. The molecule has 0 aromatic heterocycles. The van der Waals surface area contributed by atoms with Gasteiger partial charge in [-0.25, -0.2) is 15.0 Å². The van der Waals surface area contributed by atoms with Crippen molar-refractivity contribution in [1.29, 1.82) is 0 Å². The monoisotopic (exact) mass is 743 g/mol. The van der Waals surface area contributed by atoms with E-state index in [4.69, 9.17) is 18.9 Å². The fourth-order valence-corrected chi connectivity index (χ4v) is 5.05. The van der Waals surface area contributed by atoms with E-state index < -0.39 is 28.9 Å². The van der Waals surface area contributed by atoms with Crippen LogP contribution in [0.4, 0.5) is 10.5 Å². The molecule has 1 aliphatic rings. The van der Waals surface area contributed by atoms with Crippen LogP contribution >= 0.6 is 22.6 Å². The smallest absolute Gasteiger partial charge is 0.338 e. The highest BCUT2D eigenvalue weighted by Crippen LogP contribution is 2.34. The van der Waals surface area contributed by atoms with Gasteiger partial charge in [-0.15, -0.1) is 0 Å². The minimum atomic E-state index is -0.785. The van der Waals surface area contributed by atoms with Crippen LogP contribution in [-0.2, 0) is 20.9 Å². The van der Waals surface area contributed by atoms with Crippen molar-refractivity contribution in [3.05, 3.63) is 102 Å². The van der Waals surface area contributed by atoms with Gasteiger partial charge in [0.05, 0.1) is 40.0 Å². The fourth-order valence-electron chi connectivity index (χ4n) is 4.35. The highest BCUT2D eigenvalue weighted by Gasteiger charge is 2.32. The number of benzene rings is 3. The molecule has 0 saturated carbocycles. The number of esters is 1. The minimum absolute atomic E-state index is 0.0133. The number of nitrogens with one attached hydrogen (secondary N) is 3. The first-order chi connectivity index (χ1) is 22.1. The molecular weight excluding hydrogens is 713 g/mol. The van der Waals surface area contributed by atoms with E-state index in [1.54, 1.807) is 56.3 Å². The van der Waals surface area contributed by atoms with E-state index in [1.807, 2.05) is 6.07 Å². The number of nitro groups is 1. The standard InChI is InChI=1S/C31H30IN5O9/c1-4-44-30(39)28-18(2)34-31(40)35-29(28)21-8-12-25(26(14-21)43-3)46-17-27(38)36-33-15-20-7-11-24(23(32)13-20)45-16-19-5-9-22(10-6-19)37(41)42/h5-15,29H,4,16-17H2,1-3H3,(H,36,38)(H2,34,35,40)/b33-15-/t29-/m0/s1. The highest BCUT2D eigenvalue weighted by atomic mass is 127. The lowest BCUT2D eigenvalue weighted by Crippen LogP contribution is -2.45. The van der Waals surface area contributed by atoms with Gasteiger partial charge in [0.2, 0.25) is 0 Å². The minimum Gasteiger partial charge on any atom is -0.493 e. The number of hydrogen-bond acceptors (Lipinski definition) is 10. The SMILES string of the molecule is CCOC(=O)C1=C(C)NC(=O)N[C@H]1c1ccc(OCC(=O)N/N=C\c2ccc(OCc3ccc([N+](=O)[O-])cc3)c(I)c2)c(OC)c1. The summed E-state index contributed by atoms with van der Waals surface area (Å²) >= 11 is 2.12. The molecule has 1 aliphatic heterocycles. The Labute approximate surface area is 277 Å². The van der Waals surface area contributed by atoms with E-state index in [1.165, 1.54) is 25.5 Å². The topological polar surface area (TPSA) is 180 Å². The number of halogens is 1. The summed E-state index contributed by atoms with van der Waals surface area (Å²) in [6, 6.07) is 15.1. The number of hydrazone groups is 1. The Balaban J connectivity index is 1.32. The number of rotatable bonds is 13. The summed E-state index contributed by atoms with van der Waals surface area (Å²) in [6.45, 7) is 3.36. The van der Waals surface area contributed by atoms with E-state index >= 15 is 0 Å². The summed E-state index contributed by atoms with van der Waals surface area (Å²) in [4.78, 5) is 47.5. The van der Waals surface area contributed by atoms with E-state index in [9.17, 15) is 24.5 Å². The van der Waals surface area contributed by atoms with Crippen molar-refractivity contribution in [3.63, 3.8) is 0 Å². The molecule has 15 heteroatoms. The lowest BCUT2D eigenvalue weighted by Gasteiger charge is -2.28. The Kier molecular flexibility index (Phi) is 11.5. The summed E-state index contributed by atoms with van der Waals surface area (Å²) in [5.74, 6) is 0.0942. The number of nitro benzene ring substituents is 1. The molecule has 0 unspecified atom stereocenters. The number of non-ortho nitro benzene ring substituents is 1. The van der Waals surface area contributed by atoms with Crippen molar-refractivity contribution in [2.24, 2.45) is 5.10 Å². The van der Waals surface area contributed by atoms with Crippen LogP contribution in [0.3, 0.4) is 0 Å². The second-order valence-electron chi connectivity index (χ2n) is 9.68. The van der Waals surface area contributed by atoms with Gasteiger partial charge in [-0.1, -0.05) is 6.07 Å². The Bertz CT molecular complexity index is 1690. The van der Waals surface area contributed by atoms with E-state index in [0.717, 1.165) is 9.13 Å². The lowest BCUT2D eigenvalue weighted by atomic mass is 9.95. The fraction of sp³-hybridized carbons (Fsp3) is 0.226. The van der Waals surface area contributed by atoms with Crippen molar-refractivity contribution in [1.82, 2.24) is 16.1 Å². The predicted octanol–water partition coefficient (Wildman–Crippen LogP) is 4.51. The summed E-state index contributed by atoms with van der Waals surface area (Å²) in [6.07, 6.45) is 1.47. The first-order valence-corrected chi connectivity index (χ1v) is 14.9. The van der Waals surface area contributed by atoms with Crippen molar-refractivity contribution in [2.75, 3.05) is 20.3 Å². The van der Waals surface area contributed by atoms with Crippen molar-refractivity contribution >= 4 is 52.4 Å². The maximum Gasteiger partial charge on any atom is 0.338 e. The van der Waals surface area contributed by atoms with Gasteiger partial charge in [-0.3, -0.25) is 14.9 Å². The van der Waals surface area contributed by atoms with Gasteiger partial charge in [0.15, 0.2) is 18.1 Å². The molecule has 3 N–H and O–H groups in total. The molecule has 0 aliphatic carbocycles. The molecule has 1 heterocycles. The summed E-state index contributed by atoms with van der Waals surface area (Å²) in [5, 5.41) is 20.1. The Morgan fingerprint density at radius 1 is 1.07 bits per heavy atom. The van der Waals surface area contributed by atoms with E-state index in [-0.39, 0.29) is 42.6 Å². The molecule has 14 nitrogen and oxygen atoms in total. The molecule has 46 heavy (non-hydrogen) atoms. The van der Waals surface area contributed by atoms with Crippen LogP contribution in [0.25, 0.3) is 0 Å². The summed E-state index contributed by atoms with van der Waals surface area (Å²) in [7, 11) is 1.43. The Morgan fingerprint density at radius 2 is 1.80 bits per heavy atom. The average Bonchev–Trinajstić information content (AvgIpc) is 3.03. The maximum atomic E-state index is 12.6. The number of hydrogen-bond donors (Lipinski definition) is 3. The normalized spacial score (nSPS) is 14.3. The second kappa shape index (κ2) is 15.7. The van der Waals surface area contributed by atoms with Crippen molar-refractivity contribution in [2.45, 2.75) is 26.5 Å². The van der Waals surface area contributed by atoms with Gasteiger partial charge in [-0.05, 0) is 95.6 Å². The third-order valence-corrected chi connectivity index (χ3v) is 7.39. The maximum absolute atomic E-state index is 12.6. The van der Waals surface area contributed by atoms with Crippen LogP contribution in [0.15, 0.2) is 77.0 Å². The average molecular weight is 744 g/mol. The van der Waals surface area contributed by atoms with Gasteiger partial charge >= 0.3 is 12.0 Å². The van der Waals surface area contributed by atoms with Crippen LogP contribution in [-0.4, -0.2) is 49.4 Å². The molecule has 1 atom stereocenters. The van der Waals surface area contributed by atoms with Crippen LogP contribution in [0, 0.1) is 13.7 Å². The van der Waals surface area contributed by atoms with Crippen LogP contribution in [0.2, 0.25) is 0 Å². The lowest BCUT2D eigenvalue weighted by molar-refractivity contribution is -0.384. The summed E-state index contributed by atoms with van der Waals surface area (Å²) < 4.78 is 22.9. The van der Waals surface area contributed by atoms with Crippen LogP contribution < -0.4 is 30.3 Å². The molecule has 0 saturated heterocycles. The van der Waals surface area contributed by atoms with Crippen LogP contribution in [0.1, 0.15) is 36.6 Å². The second-order valence-corrected chi connectivity index (χ2v) is 10.8. The van der Waals surface area contributed by atoms with Gasteiger partial charge < -0.3 is 29.6 Å². The molecule has 3 amide bonds. The molecule has 4 rings (SSSR count). The molecule has 0 bridgehead atoms. The number of carbonyl (C=O) groups is 3. The molecule has 3 aromatic rings. The number of methoxy groups -OCH3 is 1. The molecule has 240 valence electrons. The largest absolute Gasteiger partial charge is 0.493 e. The third kappa shape index (κ3) is 8.71. The van der Waals surface area contributed by atoms with Gasteiger partial charge in [0.1, 0.15) is 12.4 Å².